The lowest BCUT2D eigenvalue weighted by Crippen LogP contribution is -2.44. The van der Waals surface area contributed by atoms with Crippen molar-refractivity contribution in [2.24, 2.45) is 0 Å². The number of carbonyl (C=O) groups is 1. The van der Waals surface area contributed by atoms with Gasteiger partial charge >= 0.3 is 0 Å². The van der Waals surface area contributed by atoms with Crippen molar-refractivity contribution in [3.8, 4) is 11.5 Å². The van der Waals surface area contributed by atoms with Crippen LogP contribution in [0.3, 0.4) is 0 Å². The van der Waals surface area contributed by atoms with Crippen LogP contribution in [0, 0.1) is 0 Å². The smallest absolute Gasteiger partial charge is 0.258 e. The van der Waals surface area contributed by atoms with Gasteiger partial charge in [-0.05, 0) is 38.1 Å². The Morgan fingerprint density at radius 1 is 1.30 bits per heavy atom. The highest BCUT2D eigenvalue weighted by molar-refractivity contribution is 5.85. The van der Waals surface area contributed by atoms with Gasteiger partial charge in [-0.15, -0.1) is 12.4 Å². The lowest BCUT2D eigenvalue weighted by Gasteiger charge is -2.23. The number of rotatable bonds is 5. The van der Waals surface area contributed by atoms with Gasteiger partial charge in [-0.3, -0.25) is 4.79 Å². The zero-order valence-corrected chi connectivity index (χ0v) is 12.4. The number of amides is 1. The molecule has 1 aliphatic rings. The summed E-state index contributed by atoms with van der Waals surface area (Å²) < 4.78 is 10.6. The number of benzene rings is 1. The zero-order chi connectivity index (χ0) is 13.5. The normalized spacial score (nSPS) is 15.1. The van der Waals surface area contributed by atoms with Gasteiger partial charge in [0.15, 0.2) is 18.1 Å². The Bertz CT molecular complexity index is 423. The molecule has 0 aliphatic carbocycles. The molecule has 6 heteroatoms. The van der Waals surface area contributed by atoms with Crippen molar-refractivity contribution in [2.45, 2.75) is 18.9 Å². The minimum Gasteiger partial charge on any atom is -0.493 e. The molecule has 0 atom stereocenters. The summed E-state index contributed by atoms with van der Waals surface area (Å²) in [6, 6.07) is 7.56. The van der Waals surface area contributed by atoms with Gasteiger partial charge in [-0.1, -0.05) is 12.1 Å². The number of hydrogen-bond acceptors (Lipinski definition) is 4. The largest absolute Gasteiger partial charge is 0.493 e. The number of hydrogen-bond donors (Lipinski definition) is 2. The van der Waals surface area contributed by atoms with E-state index in [4.69, 9.17) is 9.47 Å². The molecule has 0 unspecified atom stereocenters. The van der Waals surface area contributed by atoms with E-state index in [1.807, 2.05) is 12.1 Å². The molecular formula is C14H21ClN2O3. The summed E-state index contributed by atoms with van der Waals surface area (Å²) in [5.74, 6) is 1.14. The molecular weight excluding hydrogens is 280 g/mol. The molecule has 0 radical (unpaired) electrons. The van der Waals surface area contributed by atoms with Crippen LogP contribution in [-0.2, 0) is 4.79 Å². The number of para-hydroxylation sites is 2. The Morgan fingerprint density at radius 2 is 1.95 bits per heavy atom. The summed E-state index contributed by atoms with van der Waals surface area (Å²) >= 11 is 0. The van der Waals surface area contributed by atoms with E-state index in [2.05, 4.69) is 10.6 Å². The molecule has 0 saturated carbocycles. The average molecular weight is 301 g/mol. The third-order valence-corrected chi connectivity index (χ3v) is 3.13. The molecule has 1 aromatic rings. The van der Waals surface area contributed by atoms with Crippen LogP contribution in [0.5, 0.6) is 11.5 Å². The second-order valence-corrected chi connectivity index (χ2v) is 4.53. The highest BCUT2D eigenvalue weighted by Gasteiger charge is 2.15. The van der Waals surface area contributed by atoms with Crippen molar-refractivity contribution in [2.75, 3.05) is 26.8 Å². The van der Waals surface area contributed by atoms with Crippen LogP contribution < -0.4 is 20.1 Å². The first-order valence-corrected chi connectivity index (χ1v) is 6.55. The van der Waals surface area contributed by atoms with E-state index in [1.165, 1.54) is 0 Å². The van der Waals surface area contributed by atoms with E-state index >= 15 is 0 Å². The van der Waals surface area contributed by atoms with Crippen LogP contribution >= 0.6 is 12.4 Å². The predicted molar refractivity (Wildman–Crippen MR) is 79.8 cm³/mol. The molecule has 5 nitrogen and oxygen atoms in total. The third-order valence-electron chi connectivity index (χ3n) is 3.13. The summed E-state index contributed by atoms with van der Waals surface area (Å²) in [6.45, 7) is 1.93. The van der Waals surface area contributed by atoms with Crippen molar-refractivity contribution in [1.29, 1.82) is 0 Å². The van der Waals surface area contributed by atoms with Gasteiger partial charge in [0.2, 0.25) is 0 Å². The van der Waals surface area contributed by atoms with E-state index in [-0.39, 0.29) is 31.0 Å². The number of ether oxygens (including phenoxy) is 2. The van der Waals surface area contributed by atoms with Crippen LogP contribution in [0.25, 0.3) is 0 Å². The van der Waals surface area contributed by atoms with Crippen molar-refractivity contribution >= 4 is 18.3 Å². The Kier molecular flexibility index (Phi) is 7.18. The first-order valence-electron chi connectivity index (χ1n) is 6.55. The molecule has 2 rings (SSSR count). The molecule has 0 aromatic heterocycles. The molecule has 1 heterocycles. The predicted octanol–water partition coefficient (Wildman–Crippen LogP) is 1.36. The van der Waals surface area contributed by atoms with Crippen LogP contribution in [-0.4, -0.2) is 38.8 Å². The summed E-state index contributed by atoms with van der Waals surface area (Å²) in [6.07, 6.45) is 1.95. The average Bonchev–Trinajstić information content (AvgIpc) is 2.46. The zero-order valence-electron chi connectivity index (χ0n) is 11.6. The van der Waals surface area contributed by atoms with Crippen molar-refractivity contribution in [1.82, 2.24) is 10.6 Å². The molecule has 2 N–H and O–H groups in total. The van der Waals surface area contributed by atoms with Crippen molar-refractivity contribution in [3.05, 3.63) is 24.3 Å². The van der Waals surface area contributed by atoms with E-state index < -0.39 is 0 Å². The number of carbonyl (C=O) groups excluding carboxylic acids is 1. The SMILES string of the molecule is COc1ccccc1OCC(=O)NC1CCNCC1.Cl. The fraction of sp³-hybridized carbons (Fsp3) is 0.500. The maximum Gasteiger partial charge on any atom is 0.258 e. The fourth-order valence-corrected chi connectivity index (χ4v) is 2.12. The van der Waals surface area contributed by atoms with Crippen LogP contribution in [0.1, 0.15) is 12.8 Å². The third kappa shape index (κ3) is 4.90. The van der Waals surface area contributed by atoms with Gasteiger partial charge in [0, 0.05) is 6.04 Å². The topological polar surface area (TPSA) is 59.6 Å². The lowest BCUT2D eigenvalue weighted by atomic mass is 10.1. The number of piperidine rings is 1. The monoisotopic (exact) mass is 300 g/mol. The number of methoxy groups -OCH3 is 1. The summed E-state index contributed by atoms with van der Waals surface area (Å²) in [4.78, 5) is 11.8. The molecule has 112 valence electrons. The van der Waals surface area contributed by atoms with Gasteiger partial charge in [0.05, 0.1) is 7.11 Å². The Morgan fingerprint density at radius 3 is 2.60 bits per heavy atom. The molecule has 1 aliphatic heterocycles. The second-order valence-electron chi connectivity index (χ2n) is 4.53. The molecule has 1 amide bonds. The van der Waals surface area contributed by atoms with Gasteiger partial charge in [-0.25, -0.2) is 0 Å². The first kappa shape index (κ1) is 16.6. The Balaban J connectivity index is 0.00000200. The molecule has 1 fully saturated rings. The van der Waals surface area contributed by atoms with Crippen molar-refractivity contribution in [3.63, 3.8) is 0 Å². The molecule has 0 bridgehead atoms. The molecule has 1 aromatic carbocycles. The van der Waals surface area contributed by atoms with E-state index in [0.29, 0.717) is 11.5 Å². The van der Waals surface area contributed by atoms with E-state index in [9.17, 15) is 4.79 Å². The molecule has 20 heavy (non-hydrogen) atoms. The van der Waals surface area contributed by atoms with Crippen LogP contribution in [0.15, 0.2) is 24.3 Å². The summed E-state index contributed by atoms with van der Waals surface area (Å²) in [5.41, 5.74) is 0. The van der Waals surface area contributed by atoms with Crippen LogP contribution in [0.2, 0.25) is 0 Å². The standard InChI is InChI=1S/C14H20N2O3.ClH/c1-18-12-4-2-3-5-13(12)19-10-14(17)16-11-6-8-15-9-7-11;/h2-5,11,15H,6-10H2,1H3,(H,16,17);1H. The maximum atomic E-state index is 11.8. The molecule has 0 spiro atoms. The van der Waals surface area contributed by atoms with Crippen molar-refractivity contribution < 1.29 is 14.3 Å². The highest BCUT2D eigenvalue weighted by Crippen LogP contribution is 2.25. The summed E-state index contributed by atoms with van der Waals surface area (Å²) in [7, 11) is 1.58. The van der Waals surface area contributed by atoms with Crippen LogP contribution in [0.4, 0.5) is 0 Å². The maximum absolute atomic E-state index is 11.8. The lowest BCUT2D eigenvalue weighted by molar-refractivity contribution is -0.124. The number of halogens is 1. The quantitative estimate of drug-likeness (QED) is 0.862. The number of nitrogens with one attached hydrogen (secondary N) is 2. The fourth-order valence-electron chi connectivity index (χ4n) is 2.12. The first-order chi connectivity index (χ1) is 9.29. The highest BCUT2D eigenvalue weighted by atomic mass is 35.5. The Hall–Kier alpha value is -1.46. The Labute approximate surface area is 125 Å². The minimum absolute atomic E-state index is 0. The van der Waals surface area contributed by atoms with E-state index in [1.54, 1.807) is 19.2 Å². The van der Waals surface area contributed by atoms with Gasteiger partial charge in [0.1, 0.15) is 0 Å². The van der Waals surface area contributed by atoms with Gasteiger partial charge in [-0.2, -0.15) is 0 Å². The van der Waals surface area contributed by atoms with Gasteiger partial charge < -0.3 is 20.1 Å². The minimum atomic E-state index is -0.0854. The van der Waals surface area contributed by atoms with Gasteiger partial charge in [0.25, 0.3) is 5.91 Å². The molecule has 1 saturated heterocycles. The summed E-state index contributed by atoms with van der Waals surface area (Å²) in [5, 5.41) is 6.24. The van der Waals surface area contributed by atoms with E-state index in [0.717, 1.165) is 25.9 Å². The second kappa shape index (κ2) is 8.66.